The van der Waals surface area contributed by atoms with Crippen molar-refractivity contribution in [3.8, 4) is 11.5 Å². The number of benzene rings is 2. The van der Waals surface area contributed by atoms with Gasteiger partial charge in [0.15, 0.2) is 5.78 Å². The second-order valence-corrected chi connectivity index (χ2v) is 4.89. The molecule has 124 valence electrons. The Kier molecular flexibility index (Phi) is 6.14. The Balaban J connectivity index is 1.95. The van der Waals surface area contributed by atoms with Gasteiger partial charge < -0.3 is 14.6 Å². The maximum absolute atomic E-state index is 12.3. The highest BCUT2D eigenvalue weighted by atomic mass is 16.6. The molecule has 0 aliphatic rings. The van der Waals surface area contributed by atoms with E-state index in [9.17, 15) is 14.7 Å². The molecule has 0 saturated heterocycles. The molecule has 0 spiro atoms. The molecule has 2 aromatic carbocycles. The number of rotatable bonds is 7. The summed E-state index contributed by atoms with van der Waals surface area (Å²) in [7, 11) is 0. The van der Waals surface area contributed by atoms with E-state index < -0.39 is 5.97 Å². The van der Waals surface area contributed by atoms with E-state index in [0.29, 0.717) is 11.3 Å². The summed E-state index contributed by atoms with van der Waals surface area (Å²) in [5, 5.41) is 10.0. The van der Waals surface area contributed by atoms with E-state index in [0.717, 1.165) is 0 Å². The minimum Gasteiger partial charge on any atom is -0.507 e. The van der Waals surface area contributed by atoms with Crippen LogP contribution in [0.5, 0.6) is 11.5 Å². The van der Waals surface area contributed by atoms with Crippen molar-refractivity contribution in [2.45, 2.75) is 6.92 Å². The average Bonchev–Trinajstić information content (AvgIpc) is 2.59. The number of hydrogen-bond acceptors (Lipinski definition) is 5. The molecule has 0 heterocycles. The van der Waals surface area contributed by atoms with E-state index in [4.69, 9.17) is 9.47 Å². The third-order valence-electron chi connectivity index (χ3n) is 3.15. The summed E-state index contributed by atoms with van der Waals surface area (Å²) >= 11 is 0. The van der Waals surface area contributed by atoms with E-state index in [-0.39, 0.29) is 30.3 Å². The van der Waals surface area contributed by atoms with Crippen LogP contribution in [0.25, 0.3) is 0 Å². The highest BCUT2D eigenvalue weighted by Gasteiger charge is 2.14. The lowest BCUT2D eigenvalue weighted by molar-refractivity contribution is -0.138. The van der Waals surface area contributed by atoms with Crippen LogP contribution in [0.3, 0.4) is 0 Å². The molecule has 1 N–H and O–H groups in total. The molecule has 0 radical (unpaired) electrons. The molecule has 2 aromatic rings. The van der Waals surface area contributed by atoms with Crippen molar-refractivity contribution >= 4 is 11.8 Å². The molecule has 24 heavy (non-hydrogen) atoms. The minimum atomic E-state index is -0.437. The van der Waals surface area contributed by atoms with Gasteiger partial charge >= 0.3 is 5.97 Å². The van der Waals surface area contributed by atoms with E-state index in [2.05, 4.69) is 0 Å². The quantitative estimate of drug-likeness (QED) is 0.366. The van der Waals surface area contributed by atoms with Crippen molar-refractivity contribution in [3.05, 3.63) is 71.8 Å². The molecule has 0 aromatic heterocycles. The van der Waals surface area contributed by atoms with Gasteiger partial charge in [-0.1, -0.05) is 36.4 Å². The maximum Gasteiger partial charge on any atom is 0.330 e. The van der Waals surface area contributed by atoms with Crippen molar-refractivity contribution < 1.29 is 24.2 Å². The summed E-state index contributed by atoms with van der Waals surface area (Å²) in [5.74, 6) is -0.473. The number of carbonyl (C=O) groups is 2. The van der Waals surface area contributed by atoms with Crippen LogP contribution in [-0.2, 0) is 9.53 Å². The van der Waals surface area contributed by atoms with Crippen LogP contribution in [0.1, 0.15) is 22.8 Å². The zero-order valence-electron chi connectivity index (χ0n) is 13.3. The van der Waals surface area contributed by atoms with E-state index in [1.54, 1.807) is 43.3 Å². The lowest BCUT2D eigenvalue weighted by atomic mass is 10.0. The second kappa shape index (κ2) is 8.53. The smallest absolute Gasteiger partial charge is 0.330 e. The van der Waals surface area contributed by atoms with Crippen molar-refractivity contribution in [3.63, 3.8) is 0 Å². The Morgan fingerprint density at radius 1 is 1.08 bits per heavy atom. The largest absolute Gasteiger partial charge is 0.507 e. The van der Waals surface area contributed by atoms with Gasteiger partial charge in [-0.05, 0) is 19.1 Å². The SMILES string of the molecule is C/C=C/C(=O)OCCOc1ccc(C(=O)c2ccccc2)c(O)c1. The number of ketones is 1. The summed E-state index contributed by atoms with van der Waals surface area (Å²) in [6.07, 6.45) is 2.90. The first-order valence-electron chi connectivity index (χ1n) is 7.47. The van der Waals surface area contributed by atoms with Crippen LogP contribution in [0.2, 0.25) is 0 Å². The fraction of sp³-hybridized carbons (Fsp3) is 0.158. The molecule has 0 unspecified atom stereocenters. The number of allylic oxidation sites excluding steroid dienone is 1. The zero-order chi connectivity index (χ0) is 17.4. The predicted octanol–water partition coefficient (Wildman–Crippen LogP) is 3.12. The van der Waals surface area contributed by atoms with E-state index in [1.165, 1.54) is 18.2 Å². The Morgan fingerprint density at radius 3 is 2.50 bits per heavy atom. The van der Waals surface area contributed by atoms with Crippen LogP contribution in [0, 0.1) is 0 Å². The molecule has 5 heteroatoms. The standard InChI is InChI=1S/C19H18O5/c1-2-6-18(21)24-12-11-23-15-9-10-16(17(20)13-15)19(22)14-7-4-3-5-8-14/h2-10,13,20H,11-12H2,1H3/b6-2+. The van der Waals surface area contributed by atoms with Crippen molar-refractivity contribution in [2.75, 3.05) is 13.2 Å². The summed E-state index contributed by atoms with van der Waals surface area (Å²) in [6.45, 7) is 1.96. The second-order valence-electron chi connectivity index (χ2n) is 4.89. The van der Waals surface area contributed by atoms with Gasteiger partial charge in [0.1, 0.15) is 24.7 Å². The Morgan fingerprint density at radius 2 is 1.83 bits per heavy atom. The first-order chi connectivity index (χ1) is 11.6. The molecule has 0 amide bonds. The van der Waals surface area contributed by atoms with Gasteiger partial charge in [-0.3, -0.25) is 4.79 Å². The number of aromatic hydroxyl groups is 1. The molecule has 0 bridgehead atoms. The first kappa shape index (κ1) is 17.3. The topological polar surface area (TPSA) is 72.8 Å². The number of phenolic OH excluding ortho intramolecular Hbond substituents is 1. The van der Waals surface area contributed by atoms with Gasteiger partial charge in [0.05, 0.1) is 5.56 Å². The Labute approximate surface area is 140 Å². The lowest BCUT2D eigenvalue weighted by Crippen LogP contribution is -2.10. The van der Waals surface area contributed by atoms with Gasteiger partial charge in [-0.25, -0.2) is 4.79 Å². The number of hydrogen-bond donors (Lipinski definition) is 1. The highest BCUT2D eigenvalue weighted by molar-refractivity contribution is 6.10. The summed E-state index contributed by atoms with van der Waals surface area (Å²) in [6, 6.07) is 13.2. The van der Waals surface area contributed by atoms with Crippen LogP contribution >= 0.6 is 0 Å². The molecule has 0 aliphatic carbocycles. The number of carbonyl (C=O) groups excluding carboxylic acids is 2. The van der Waals surface area contributed by atoms with Crippen molar-refractivity contribution in [1.82, 2.24) is 0 Å². The number of phenols is 1. The minimum absolute atomic E-state index is 0.0919. The van der Waals surface area contributed by atoms with Crippen LogP contribution < -0.4 is 4.74 Å². The molecule has 2 rings (SSSR count). The lowest BCUT2D eigenvalue weighted by Gasteiger charge is -2.09. The third-order valence-corrected chi connectivity index (χ3v) is 3.15. The molecular formula is C19H18O5. The van der Waals surface area contributed by atoms with Crippen LogP contribution in [0.4, 0.5) is 0 Å². The Hall–Kier alpha value is -3.08. The monoisotopic (exact) mass is 326 g/mol. The van der Waals surface area contributed by atoms with Crippen LogP contribution in [-0.4, -0.2) is 30.1 Å². The van der Waals surface area contributed by atoms with Crippen molar-refractivity contribution in [2.24, 2.45) is 0 Å². The summed E-state index contributed by atoms with van der Waals surface area (Å²) in [4.78, 5) is 23.4. The average molecular weight is 326 g/mol. The maximum atomic E-state index is 12.3. The molecule has 0 fully saturated rings. The van der Waals surface area contributed by atoms with Gasteiger partial charge in [-0.2, -0.15) is 0 Å². The third kappa shape index (κ3) is 4.71. The van der Waals surface area contributed by atoms with E-state index >= 15 is 0 Å². The van der Waals surface area contributed by atoms with E-state index in [1.807, 2.05) is 6.07 Å². The van der Waals surface area contributed by atoms with Gasteiger partial charge in [0, 0.05) is 17.7 Å². The molecule has 0 atom stereocenters. The normalized spacial score (nSPS) is 10.5. The van der Waals surface area contributed by atoms with Gasteiger partial charge in [-0.15, -0.1) is 0 Å². The fourth-order valence-corrected chi connectivity index (χ4v) is 2.02. The zero-order valence-corrected chi connectivity index (χ0v) is 13.3. The Bertz CT molecular complexity index is 735. The number of ether oxygens (including phenoxy) is 2. The van der Waals surface area contributed by atoms with Gasteiger partial charge in [0.25, 0.3) is 0 Å². The molecule has 0 saturated carbocycles. The summed E-state index contributed by atoms with van der Waals surface area (Å²) in [5.41, 5.74) is 0.699. The summed E-state index contributed by atoms with van der Waals surface area (Å²) < 4.78 is 10.3. The molecular weight excluding hydrogens is 308 g/mol. The fourth-order valence-electron chi connectivity index (χ4n) is 2.02. The van der Waals surface area contributed by atoms with Crippen molar-refractivity contribution in [1.29, 1.82) is 0 Å². The van der Waals surface area contributed by atoms with Crippen LogP contribution in [0.15, 0.2) is 60.7 Å². The number of esters is 1. The predicted molar refractivity (Wildman–Crippen MR) is 89.2 cm³/mol. The highest BCUT2D eigenvalue weighted by Crippen LogP contribution is 2.25. The molecule has 5 nitrogen and oxygen atoms in total. The molecule has 0 aliphatic heterocycles. The first-order valence-corrected chi connectivity index (χ1v) is 7.47. The van der Waals surface area contributed by atoms with Gasteiger partial charge in [0.2, 0.25) is 0 Å².